The molecule has 0 saturated heterocycles. The Bertz CT molecular complexity index is 655. The van der Waals surface area contributed by atoms with Crippen LogP contribution in [0.4, 0.5) is 0 Å². The minimum Gasteiger partial charge on any atom is -0.425 e. The molecular formula is C12H7NO3. The van der Waals surface area contributed by atoms with Crippen molar-refractivity contribution >= 4 is 17.6 Å². The van der Waals surface area contributed by atoms with Crippen molar-refractivity contribution in [2.75, 3.05) is 0 Å². The Morgan fingerprint density at radius 2 is 2.00 bits per heavy atom. The maximum Gasteiger partial charge on any atom is 0.315 e. The molecule has 0 N–H and O–H groups in total. The van der Waals surface area contributed by atoms with Crippen LogP contribution < -0.4 is 10.6 Å². The van der Waals surface area contributed by atoms with E-state index in [-0.39, 0.29) is 18.3 Å². The predicted octanol–water partition coefficient (Wildman–Crippen LogP) is -0.172. The third-order valence-corrected chi connectivity index (χ3v) is 2.53. The molecule has 2 aliphatic rings. The van der Waals surface area contributed by atoms with E-state index in [1.807, 2.05) is 6.07 Å². The third-order valence-electron chi connectivity index (χ3n) is 2.53. The molecule has 0 bridgehead atoms. The highest BCUT2D eigenvalue weighted by atomic mass is 16.5. The van der Waals surface area contributed by atoms with Crippen molar-refractivity contribution in [3.05, 3.63) is 46.5 Å². The van der Waals surface area contributed by atoms with Crippen LogP contribution in [0.15, 0.2) is 40.9 Å². The van der Waals surface area contributed by atoms with Crippen molar-refractivity contribution in [2.45, 2.75) is 6.42 Å². The normalized spacial score (nSPS) is 18.0. The van der Waals surface area contributed by atoms with E-state index in [0.717, 1.165) is 0 Å². The second-order valence-electron chi connectivity index (χ2n) is 3.56. The number of para-hydroxylation sites is 1. The Hall–Kier alpha value is -2.23. The van der Waals surface area contributed by atoms with Crippen LogP contribution >= 0.6 is 0 Å². The SMILES string of the molecule is O=C1CC=C2C(=O)N=c3ccccc3=C2O1. The van der Waals surface area contributed by atoms with Gasteiger partial charge in [0, 0.05) is 5.22 Å². The van der Waals surface area contributed by atoms with Crippen molar-refractivity contribution in [3.8, 4) is 0 Å². The Morgan fingerprint density at radius 3 is 2.88 bits per heavy atom. The van der Waals surface area contributed by atoms with Crippen LogP contribution in [0.2, 0.25) is 0 Å². The van der Waals surface area contributed by atoms with Crippen LogP contribution in [0.5, 0.6) is 0 Å². The molecule has 3 rings (SSSR count). The zero-order valence-corrected chi connectivity index (χ0v) is 8.27. The van der Waals surface area contributed by atoms with Gasteiger partial charge in [0.15, 0.2) is 5.76 Å². The molecule has 0 radical (unpaired) electrons. The zero-order chi connectivity index (χ0) is 11.1. The highest BCUT2D eigenvalue weighted by Gasteiger charge is 2.26. The summed E-state index contributed by atoms with van der Waals surface area (Å²) in [5, 5.41) is 1.25. The van der Waals surface area contributed by atoms with Gasteiger partial charge < -0.3 is 4.74 Å². The predicted molar refractivity (Wildman–Crippen MR) is 54.4 cm³/mol. The van der Waals surface area contributed by atoms with Crippen LogP contribution in [-0.2, 0) is 14.3 Å². The standard InChI is InChI=1S/C12H7NO3/c14-10-6-5-8-11(16-10)7-3-1-2-4-9(7)13-12(8)15/h1-5H,6H2. The van der Waals surface area contributed by atoms with E-state index in [1.165, 1.54) is 0 Å². The summed E-state index contributed by atoms with van der Waals surface area (Å²) in [5.74, 6) is -0.351. The van der Waals surface area contributed by atoms with Gasteiger partial charge >= 0.3 is 5.97 Å². The summed E-state index contributed by atoms with van der Waals surface area (Å²) < 4.78 is 5.12. The average Bonchev–Trinajstić information content (AvgIpc) is 2.29. The first kappa shape index (κ1) is 9.03. The monoisotopic (exact) mass is 213 g/mol. The largest absolute Gasteiger partial charge is 0.425 e. The van der Waals surface area contributed by atoms with Crippen LogP contribution in [0.25, 0.3) is 5.76 Å². The van der Waals surface area contributed by atoms with E-state index in [1.54, 1.807) is 24.3 Å². The molecule has 2 heterocycles. The first-order valence-electron chi connectivity index (χ1n) is 4.89. The number of fused-ring (bicyclic) bond motifs is 2. The molecular weight excluding hydrogens is 206 g/mol. The van der Waals surface area contributed by atoms with E-state index >= 15 is 0 Å². The van der Waals surface area contributed by atoms with Crippen molar-refractivity contribution in [3.63, 3.8) is 0 Å². The van der Waals surface area contributed by atoms with E-state index in [4.69, 9.17) is 4.74 Å². The number of ether oxygens (including phenoxy) is 1. The van der Waals surface area contributed by atoms with Gasteiger partial charge in [-0.2, -0.15) is 0 Å². The fraction of sp³-hybridized carbons (Fsp3) is 0.0833. The van der Waals surface area contributed by atoms with E-state index < -0.39 is 0 Å². The molecule has 0 unspecified atom stereocenters. The molecule has 0 fully saturated rings. The van der Waals surface area contributed by atoms with E-state index in [9.17, 15) is 9.59 Å². The van der Waals surface area contributed by atoms with Gasteiger partial charge in [0.1, 0.15) is 0 Å². The Balaban J connectivity index is 2.44. The van der Waals surface area contributed by atoms with Gasteiger partial charge in [-0.1, -0.05) is 18.2 Å². The molecule has 1 amide bonds. The Morgan fingerprint density at radius 1 is 1.19 bits per heavy atom. The Kier molecular flexibility index (Phi) is 1.77. The number of carbonyl (C=O) groups is 2. The third kappa shape index (κ3) is 1.20. The molecule has 16 heavy (non-hydrogen) atoms. The molecule has 1 aromatic rings. The number of carbonyl (C=O) groups excluding carboxylic acids is 2. The second kappa shape index (κ2) is 3.13. The molecule has 1 aromatic carbocycles. The van der Waals surface area contributed by atoms with Gasteiger partial charge in [0.05, 0.1) is 17.4 Å². The lowest BCUT2D eigenvalue weighted by molar-refractivity contribution is -0.136. The molecule has 2 aliphatic heterocycles. The highest BCUT2D eigenvalue weighted by molar-refractivity contribution is 6.08. The average molecular weight is 213 g/mol. The number of rotatable bonds is 0. The topological polar surface area (TPSA) is 55.7 Å². The first-order chi connectivity index (χ1) is 7.75. The number of esters is 1. The number of hydrogen-bond acceptors (Lipinski definition) is 3. The van der Waals surface area contributed by atoms with Gasteiger partial charge in [-0.05, 0) is 12.1 Å². The number of hydrogen-bond donors (Lipinski definition) is 0. The molecule has 0 aromatic heterocycles. The highest BCUT2D eigenvalue weighted by Crippen LogP contribution is 2.21. The molecule has 0 saturated carbocycles. The number of benzene rings is 1. The number of amides is 1. The van der Waals surface area contributed by atoms with E-state index in [0.29, 0.717) is 21.9 Å². The van der Waals surface area contributed by atoms with Crippen molar-refractivity contribution in [1.82, 2.24) is 0 Å². The van der Waals surface area contributed by atoms with Crippen LogP contribution in [0.1, 0.15) is 6.42 Å². The van der Waals surface area contributed by atoms with Gasteiger partial charge in [-0.25, -0.2) is 4.99 Å². The van der Waals surface area contributed by atoms with Crippen molar-refractivity contribution in [2.24, 2.45) is 4.99 Å². The van der Waals surface area contributed by atoms with Crippen LogP contribution in [0, 0.1) is 0 Å². The van der Waals surface area contributed by atoms with Crippen LogP contribution in [-0.4, -0.2) is 11.9 Å². The molecule has 0 spiro atoms. The molecule has 78 valence electrons. The zero-order valence-electron chi connectivity index (χ0n) is 8.27. The van der Waals surface area contributed by atoms with Gasteiger partial charge in [-0.15, -0.1) is 0 Å². The van der Waals surface area contributed by atoms with Crippen LogP contribution in [0.3, 0.4) is 0 Å². The summed E-state index contributed by atoms with van der Waals surface area (Å²) in [7, 11) is 0. The summed E-state index contributed by atoms with van der Waals surface area (Å²) in [6.07, 6.45) is 1.70. The lowest BCUT2D eigenvalue weighted by Gasteiger charge is -2.16. The molecule has 4 nitrogen and oxygen atoms in total. The maximum atomic E-state index is 11.7. The lowest BCUT2D eigenvalue weighted by atomic mass is 10.0. The minimum absolute atomic E-state index is 0.127. The maximum absolute atomic E-state index is 11.7. The minimum atomic E-state index is -0.346. The summed E-state index contributed by atoms with van der Waals surface area (Å²) in [6.45, 7) is 0. The quantitative estimate of drug-likeness (QED) is 0.562. The summed E-state index contributed by atoms with van der Waals surface area (Å²) in [4.78, 5) is 26.8. The Labute approximate surface area is 90.6 Å². The summed E-state index contributed by atoms with van der Waals surface area (Å²) in [5.41, 5.74) is 0.387. The smallest absolute Gasteiger partial charge is 0.315 e. The summed E-state index contributed by atoms with van der Waals surface area (Å²) in [6, 6.07) is 7.11. The first-order valence-corrected chi connectivity index (χ1v) is 4.89. The van der Waals surface area contributed by atoms with Gasteiger partial charge in [-0.3, -0.25) is 9.59 Å². The van der Waals surface area contributed by atoms with Crippen molar-refractivity contribution in [1.29, 1.82) is 0 Å². The second-order valence-corrected chi connectivity index (χ2v) is 3.56. The van der Waals surface area contributed by atoms with E-state index in [2.05, 4.69) is 4.99 Å². The fourth-order valence-electron chi connectivity index (χ4n) is 1.81. The number of nitrogens with zero attached hydrogens (tertiary/aromatic N) is 1. The van der Waals surface area contributed by atoms with Crippen molar-refractivity contribution < 1.29 is 14.3 Å². The molecule has 4 heteroatoms. The summed E-state index contributed by atoms with van der Waals surface area (Å²) >= 11 is 0. The van der Waals surface area contributed by atoms with Gasteiger partial charge in [0.25, 0.3) is 5.91 Å². The lowest BCUT2D eigenvalue weighted by Crippen LogP contribution is -2.36. The van der Waals surface area contributed by atoms with Gasteiger partial charge in [0.2, 0.25) is 0 Å². The fourth-order valence-corrected chi connectivity index (χ4v) is 1.81. The molecule has 0 atom stereocenters. The molecule has 0 aliphatic carbocycles.